The number of nitrogens with zero attached hydrogens (tertiary/aromatic N) is 4. The second kappa shape index (κ2) is 7.25. The molecule has 0 radical (unpaired) electrons. The third kappa shape index (κ3) is 3.72. The molecule has 1 aliphatic carbocycles. The van der Waals surface area contributed by atoms with E-state index in [1.54, 1.807) is 13.4 Å². The molecule has 128 valence electrons. The highest BCUT2D eigenvalue weighted by molar-refractivity contribution is 7.99. The highest BCUT2D eigenvalue weighted by Crippen LogP contribution is 2.30. The number of hydrogen-bond donors (Lipinski definition) is 0. The Labute approximate surface area is 146 Å². The lowest BCUT2D eigenvalue weighted by Gasteiger charge is -2.26. The molecule has 0 unspecified atom stereocenters. The van der Waals surface area contributed by atoms with E-state index in [2.05, 4.69) is 24.0 Å². The molecule has 2 aromatic rings. The lowest BCUT2D eigenvalue weighted by molar-refractivity contribution is -0.130. The molecule has 1 aliphatic rings. The van der Waals surface area contributed by atoms with Gasteiger partial charge in [-0.15, -0.1) is 10.2 Å². The number of thioether (sulfide) groups is 1. The van der Waals surface area contributed by atoms with Gasteiger partial charge >= 0.3 is 0 Å². The summed E-state index contributed by atoms with van der Waals surface area (Å²) in [4.78, 5) is 14.5. The SMILES string of the molecule is COc1ccc(-n2cnnc2SCC(=O)N(C(C)C)C2CC2)cc1. The van der Waals surface area contributed by atoms with Gasteiger partial charge < -0.3 is 9.64 Å². The summed E-state index contributed by atoms with van der Waals surface area (Å²) in [6, 6.07) is 8.34. The summed E-state index contributed by atoms with van der Waals surface area (Å²) in [5, 5.41) is 8.84. The maximum atomic E-state index is 12.5. The minimum Gasteiger partial charge on any atom is -0.497 e. The number of methoxy groups -OCH3 is 1. The predicted octanol–water partition coefficient (Wildman–Crippen LogP) is 2.77. The second-order valence-corrected chi connectivity index (χ2v) is 7.04. The Morgan fingerprint density at radius 1 is 1.38 bits per heavy atom. The third-order valence-electron chi connectivity index (χ3n) is 3.98. The molecule has 0 N–H and O–H groups in total. The van der Waals surface area contributed by atoms with Gasteiger partial charge in [-0.1, -0.05) is 11.8 Å². The molecule has 0 saturated heterocycles. The Bertz CT molecular complexity index is 693. The number of amides is 1. The van der Waals surface area contributed by atoms with Gasteiger partial charge in [0.25, 0.3) is 0 Å². The van der Waals surface area contributed by atoms with Crippen molar-refractivity contribution in [3.05, 3.63) is 30.6 Å². The molecule has 0 bridgehead atoms. The number of hydrogen-bond acceptors (Lipinski definition) is 5. The minimum atomic E-state index is 0.168. The van der Waals surface area contributed by atoms with Crippen LogP contribution in [-0.2, 0) is 4.79 Å². The van der Waals surface area contributed by atoms with Crippen molar-refractivity contribution in [3.63, 3.8) is 0 Å². The monoisotopic (exact) mass is 346 g/mol. The van der Waals surface area contributed by atoms with Crippen LogP contribution in [0.15, 0.2) is 35.7 Å². The Morgan fingerprint density at radius 3 is 2.67 bits per heavy atom. The van der Waals surface area contributed by atoms with E-state index in [1.807, 2.05) is 33.7 Å². The molecule has 0 spiro atoms. The molecule has 6 nitrogen and oxygen atoms in total. The standard InChI is InChI=1S/C17H22N4O2S/c1-12(2)21(14-4-5-14)16(22)10-24-17-19-18-11-20(17)13-6-8-15(23-3)9-7-13/h6-9,11-12,14H,4-5,10H2,1-3H3. The van der Waals surface area contributed by atoms with Crippen LogP contribution >= 0.6 is 11.8 Å². The zero-order chi connectivity index (χ0) is 17.1. The van der Waals surface area contributed by atoms with Gasteiger partial charge in [0.05, 0.1) is 12.9 Å². The molecule has 0 atom stereocenters. The van der Waals surface area contributed by atoms with Gasteiger partial charge in [-0.2, -0.15) is 0 Å². The number of aromatic nitrogens is 3. The van der Waals surface area contributed by atoms with Crippen molar-refractivity contribution in [1.82, 2.24) is 19.7 Å². The van der Waals surface area contributed by atoms with Crippen molar-refractivity contribution in [1.29, 1.82) is 0 Å². The van der Waals surface area contributed by atoms with Crippen molar-refractivity contribution in [3.8, 4) is 11.4 Å². The van der Waals surface area contributed by atoms with Gasteiger partial charge in [0.15, 0.2) is 5.16 Å². The number of carbonyl (C=O) groups excluding carboxylic acids is 1. The van der Waals surface area contributed by atoms with E-state index in [1.165, 1.54) is 11.8 Å². The Balaban J connectivity index is 1.68. The average Bonchev–Trinajstić information content (AvgIpc) is 3.29. The van der Waals surface area contributed by atoms with E-state index in [0.717, 1.165) is 24.3 Å². The zero-order valence-corrected chi connectivity index (χ0v) is 15.0. The summed E-state index contributed by atoms with van der Waals surface area (Å²) in [6.07, 6.45) is 3.91. The van der Waals surface area contributed by atoms with Gasteiger partial charge in [-0.3, -0.25) is 9.36 Å². The topological polar surface area (TPSA) is 60.2 Å². The van der Waals surface area contributed by atoms with Crippen molar-refractivity contribution in [2.45, 2.75) is 43.9 Å². The van der Waals surface area contributed by atoms with Gasteiger partial charge in [0.1, 0.15) is 12.1 Å². The largest absolute Gasteiger partial charge is 0.497 e. The van der Waals surface area contributed by atoms with Crippen LogP contribution in [0.3, 0.4) is 0 Å². The van der Waals surface area contributed by atoms with Gasteiger partial charge in [0.2, 0.25) is 5.91 Å². The third-order valence-corrected chi connectivity index (χ3v) is 4.90. The maximum Gasteiger partial charge on any atom is 0.233 e. The fourth-order valence-corrected chi connectivity index (χ4v) is 3.51. The first kappa shape index (κ1) is 16.8. The number of carbonyl (C=O) groups is 1. The normalized spacial score (nSPS) is 14.0. The Morgan fingerprint density at radius 2 is 2.08 bits per heavy atom. The minimum absolute atomic E-state index is 0.168. The highest BCUT2D eigenvalue weighted by Gasteiger charge is 2.34. The highest BCUT2D eigenvalue weighted by atomic mass is 32.2. The number of benzene rings is 1. The molecule has 3 rings (SSSR count). The van der Waals surface area contributed by atoms with Crippen molar-refractivity contribution in [2.24, 2.45) is 0 Å². The van der Waals surface area contributed by atoms with Crippen LogP contribution in [0, 0.1) is 0 Å². The molecule has 1 amide bonds. The number of rotatable bonds is 7. The van der Waals surface area contributed by atoms with Gasteiger partial charge in [0, 0.05) is 17.8 Å². The summed E-state index contributed by atoms with van der Waals surface area (Å²) in [5.41, 5.74) is 0.943. The van der Waals surface area contributed by atoms with E-state index in [-0.39, 0.29) is 11.9 Å². The van der Waals surface area contributed by atoms with Gasteiger partial charge in [-0.05, 0) is 51.0 Å². The first-order valence-electron chi connectivity index (χ1n) is 8.08. The van der Waals surface area contributed by atoms with E-state index in [0.29, 0.717) is 17.0 Å². The first-order chi connectivity index (χ1) is 11.6. The van der Waals surface area contributed by atoms with Crippen molar-refractivity contribution >= 4 is 17.7 Å². The summed E-state index contributed by atoms with van der Waals surface area (Å²) in [7, 11) is 1.64. The lowest BCUT2D eigenvalue weighted by atomic mass is 10.3. The molecule has 0 aliphatic heterocycles. The van der Waals surface area contributed by atoms with Crippen LogP contribution in [0.5, 0.6) is 5.75 Å². The molecular weight excluding hydrogens is 324 g/mol. The fraction of sp³-hybridized carbons (Fsp3) is 0.471. The molecule has 24 heavy (non-hydrogen) atoms. The van der Waals surface area contributed by atoms with Crippen LogP contribution in [0.4, 0.5) is 0 Å². The average molecular weight is 346 g/mol. The summed E-state index contributed by atoms with van der Waals surface area (Å²) in [5.74, 6) is 1.35. The van der Waals surface area contributed by atoms with Crippen LogP contribution in [0.25, 0.3) is 5.69 Å². The predicted molar refractivity (Wildman–Crippen MR) is 93.6 cm³/mol. The molecule has 7 heteroatoms. The Hall–Kier alpha value is -2.02. The van der Waals surface area contributed by atoms with Crippen molar-refractivity contribution < 1.29 is 9.53 Å². The fourth-order valence-electron chi connectivity index (χ4n) is 2.71. The van der Waals surface area contributed by atoms with E-state index in [4.69, 9.17) is 4.74 Å². The van der Waals surface area contributed by atoms with E-state index < -0.39 is 0 Å². The van der Waals surface area contributed by atoms with Gasteiger partial charge in [-0.25, -0.2) is 0 Å². The lowest BCUT2D eigenvalue weighted by Crippen LogP contribution is -2.39. The quantitative estimate of drug-likeness (QED) is 0.722. The molecular formula is C17H22N4O2S. The molecule has 1 fully saturated rings. The smallest absolute Gasteiger partial charge is 0.233 e. The van der Waals surface area contributed by atoms with Crippen LogP contribution < -0.4 is 4.74 Å². The summed E-state index contributed by atoms with van der Waals surface area (Å²) < 4.78 is 7.06. The second-order valence-electron chi connectivity index (χ2n) is 6.10. The van der Waals surface area contributed by atoms with Crippen LogP contribution in [0.2, 0.25) is 0 Å². The van der Waals surface area contributed by atoms with Crippen molar-refractivity contribution in [2.75, 3.05) is 12.9 Å². The molecule has 1 heterocycles. The zero-order valence-electron chi connectivity index (χ0n) is 14.2. The van der Waals surface area contributed by atoms with Crippen LogP contribution in [-0.4, -0.2) is 50.5 Å². The van der Waals surface area contributed by atoms with Crippen LogP contribution in [0.1, 0.15) is 26.7 Å². The van der Waals surface area contributed by atoms with E-state index in [9.17, 15) is 4.79 Å². The summed E-state index contributed by atoms with van der Waals surface area (Å²) in [6.45, 7) is 4.14. The van der Waals surface area contributed by atoms with E-state index >= 15 is 0 Å². The number of ether oxygens (including phenoxy) is 1. The summed E-state index contributed by atoms with van der Waals surface area (Å²) >= 11 is 1.42. The molecule has 1 aromatic heterocycles. The maximum absolute atomic E-state index is 12.5. The first-order valence-corrected chi connectivity index (χ1v) is 9.07. The molecule has 1 saturated carbocycles. The Kier molecular flexibility index (Phi) is 5.08. The molecule has 1 aromatic carbocycles.